The van der Waals surface area contributed by atoms with Gasteiger partial charge in [0.1, 0.15) is 0 Å². The third-order valence-electron chi connectivity index (χ3n) is 5.31. The van der Waals surface area contributed by atoms with Gasteiger partial charge in [-0.15, -0.1) is 0 Å². The molecule has 2 aromatic carbocycles. The predicted molar refractivity (Wildman–Crippen MR) is 103 cm³/mol. The lowest BCUT2D eigenvalue weighted by Crippen LogP contribution is -2.44. The highest BCUT2D eigenvalue weighted by Crippen LogP contribution is 2.37. The maximum Gasteiger partial charge on any atom is 0.471 e. The number of fused-ring (bicyclic) bond motifs is 3. The van der Waals surface area contributed by atoms with Crippen LogP contribution < -0.4 is 0 Å². The van der Waals surface area contributed by atoms with Crippen LogP contribution in [0.2, 0.25) is 5.02 Å². The zero-order valence-electron chi connectivity index (χ0n) is 16.0. The van der Waals surface area contributed by atoms with Crippen LogP contribution in [0.1, 0.15) is 27.2 Å². The molecule has 2 heterocycles. The summed E-state index contributed by atoms with van der Waals surface area (Å²) in [5.74, 6) is -3.14. The van der Waals surface area contributed by atoms with Crippen LogP contribution in [0.4, 0.5) is 26.3 Å². The average molecular weight is 475 g/mol. The first-order chi connectivity index (χ1) is 14.9. The zero-order valence-corrected chi connectivity index (χ0v) is 16.8. The molecule has 11 heteroatoms. The summed E-state index contributed by atoms with van der Waals surface area (Å²) in [6.45, 7) is -0.843. The van der Waals surface area contributed by atoms with Crippen LogP contribution in [-0.2, 0) is 23.9 Å². The fraction of sp³-hybridized carbons (Fsp3) is 0.238. The number of aromatic nitrogens is 1. The Hall–Kier alpha value is -3.01. The number of alkyl halides is 6. The number of hydrogen-bond donors (Lipinski definition) is 0. The van der Waals surface area contributed by atoms with E-state index in [1.165, 1.54) is 24.3 Å². The van der Waals surface area contributed by atoms with E-state index in [2.05, 4.69) is 0 Å². The van der Waals surface area contributed by atoms with Gasteiger partial charge in [0, 0.05) is 22.6 Å². The van der Waals surface area contributed by atoms with Crippen molar-refractivity contribution < 1.29 is 35.9 Å². The molecule has 32 heavy (non-hydrogen) atoms. The van der Waals surface area contributed by atoms with Crippen molar-refractivity contribution >= 4 is 34.3 Å². The Balaban J connectivity index is 1.92. The number of rotatable bonds is 1. The van der Waals surface area contributed by atoms with Gasteiger partial charge in [0.15, 0.2) is 0 Å². The molecule has 0 radical (unpaired) electrons. The lowest BCUT2D eigenvalue weighted by molar-refractivity contribution is -0.186. The number of hydrogen-bond acceptors (Lipinski definition) is 2. The minimum absolute atomic E-state index is 0.0187. The number of nitrogens with zero attached hydrogens (tertiary/aromatic N) is 2. The Labute approximate surface area is 182 Å². The fourth-order valence-electron chi connectivity index (χ4n) is 3.95. The van der Waals surface area contributed by atoms with Crippen molar-refractivity contribution in [3.8, 4) is 0 Å². The third kappa shape index (κ3) is 3.72. The molecule has 3 aromatic rings. The van der Waals surface area contributed by atoms with E-state index < -0.39 is 41.8 Å². The molecular formula is C21H13ClF6N2O2. The van der Waals surface area contributed by atoms with Crippen LogP contribution in [0.15, 0.2) is 42.5 Å². The first-order valence-corrected chi connectivity index (χ1v) is 9.66. The molecule has 168 valence electrons. The third-order valence-corrected chi connectivity index (χ3v) is 5.55. The smallest absolute Gasteiger partial charge is 0.329 e. The van der Waals surface area contributed by atoms with Crippen LogP contribution >= 0.6 is 11.6 Å². The van der Waals surface area contributed by atoms with E-state index in [1.807, 2.05) is 0 Å². The molecule has 0 atom stereocenters. The standard InChI is InChI=1S/C21H13ClF6N2O2/c22-11-5-6-16-14(9-11)12-7-8-29(19(32)21(26,27)28)10-17(12)30(16)18(31)13-3-1-2-4-15(13)20(23,24)25/h1-6,9H,7-8,10H2. The van der Waals surface area contributed by atoms with Gasteiger partial charge in [-0.1, -0.05) is 23.7 Å². The van der Waals surface area contributed by atoms with Crippen molar-refractivity contribution in [3.05, 3.63) is 69.9 Å². The molecule has 1 aliphatic heterocycles. The van der Waals surface area contributed by atoms with Gasteiger partial charge < -0.3 is 4.90 Å². The van der Waals surface area contributed by atoms with E-state index in [1.54, 1.807) is 0 Å². The number of benzene rings is 2. The quantitative estimate of drug-likeness (QED) is 0.440. The fourth-order valence-corrected chi connectivity index (χ4v) is 4.13. The Morgan fingerprint density at radius 3 is 2.31 bits per heavy atom. The molecule has 1 aromatic heterocycles. The summed E-state index contributed by atoms with van der Waals surface area (Å²) in [7, 11) is 0. The number of carbonyl (C=O) groups is 2. The van der Waals surface area contributed by atoms with Gasteiger partial charge in [-0.2, -0.15) is 26.3 Å². The highest BCUT2D eigenvalue weighted by molar-refractivity contribution is 6.31. The lowest BCUT2D eigenvalue weighted by Gasteiger charge is -2.29. The van der Waals surface area contributed by atoms with Crippen LogP contribution in [0.3, 0.4) is 0 Å². The van der Waals surface area contributed by atoms with Gasteiger partial charge in [0.2, 0.25) is 0 Å². The molecule has 0 bridgehead atoms. The van der Waals surface area contributed by atoms with Gasteiger partial charge in [-0.25, -0.2) is 0 Å². The largest absolute Gasteiger partial charge is 0.471 e. The summed E-state index contributed by atoms with van der Waals surface area (Å²) < 4.78 is 80.3. The summed E-state index contributed by atoms with van der Waals surface area (Å²) >= 11 is 6.03. The molecule has 1 amide bonds. The first kappa shape index (κ1) is 22.2. The number of carbonyl (C=O) groups excluding carboxylic acids is 2. The highest BCUT2D eigenvalue weighted by Gasteiger charge is 2.44. The molecule has 1 aliphatic rings. The average Bonchev–Trinajstić information content (AvgIpc) is 3.04. The second-order valence-electron chi connectivity index (χ2n) is 7.25. The summed E-state index contributed by atoms with van der Waals surface area (Å²) in [4.78, 5) is 25.6. The maximum atomic E-state index is 13.5. The Bertz CT molecular complexity index is 1250. The van der Waals surface area contributed by atoms with Crippen LogP contribution in [0.5, 0.6) is 0 Å². The molecule has 4 rings (SSSR count). The minimum Gasteiger partial charge on any atom is -0.329 e. The predicted octanol–water partition coefficient (Wildman–Crippen LogP) is 5.45. The Morgan fingerprint density at radius 1 is 0.969 bits per heavy atom. The van der Waals surface area contributed by atoms with Crippen molar-refractivity contribution in [3.63, 3.8) is 0 Å². The highest BCUT2D eigenvalue weighted by atomic mass is 35.5. The Morgan fingerprint density at radius 2 is 1.66 bits per heavy atom. The van der Waals surface area contributed by atoms with Crippen molar-refractivity contribution in [2.45, 2.75) is 25.3 Å². The molecule has 0 spiro atoms. The molecule has 0 saturated heterocycles. The minimum atomic E-state index is -5.12. The van der Waals surface area contributed by atoms with Gasteiger partial charge in [0.25, 0.3) is 5.91 Å². The van der Waals surface area contributed by atoms with E-state index in [-0.39, 0.29) is 29.2 Å². The van der Waals surface area contributed by atoms with Gasteiger partial charge in [-0.05, 0) is 42.3 Å². The molecule has 0 aliphatic carbocycles. The van der Waals surface area contributed by atoms with Gasteiger partial charge in [0.05, 0.1) is 23.2 Å². The molecule has 0 saturated carbocycles. The summed E-state index contributed by atoms with van der Waals surface area (Å²) in [6.07, 6.45) is -9.96. The van der Waals surface area contributed by atoms with E-state index in [0.717, 1.165) is 22.8 Å². The van der Waals surface area contributed by atoms with E-state index in [9.17, 15) is 35.9 Å². The monoisotopic (exact) mass is 474 g/mol. The van der Waals surface area contributed by atoms with E-state index in [4.69, 9.17) is 11.6 Å². The topological polar surface area (TPSA) is 42.3 Å². The molecule has 0 fully saturated rings. The Kier molecular flexibility index (Phi) is 5.23. The van der Waals surface area contributed by atoms with Crippen molar-refractivity contribution in [2.24, 2.45) is 0 Å². The summed E-state index contributed by atoms with van der Waals surface area (Å²) in [5, 5.41) is 0.721. The molecule has 0 unspecified atom stereocenters. The normalized spacial score (nSPS) is 14.5. The van der Waals surface area contributed by atoms with Gasteiger partial charge in [-0.3, -0.25) is 14.2 Å². The van der Waals surface area contributed by atoms with Crippen LogP contribution in [0, 0.1) is 0 Å². The van der Waals surface area contributed by atoms with Crippen LogP contribution in [0.25, 0.3) is 10.9 Å². The summed E-state index contributed by atoms with van der Waals surface area (Å²) in [5.41, 5.74) is -1.15. The number of amides is 1. The second-order valence-corrected chi connectivity index (χ2v) is 7.68. The lowest BCUT2D eigenvalue weighted by atomic mass is 10.0. The van der Waals surface area contributed by atoms with E-state index in [0.29, 0.717) is 15.8 Å². The molecular weight excluding hydrogens is 462 g/mol. The van der Waals surface area contributed by atoms with E-state index >= 15 is 0 Å². The van der Waals surface area contributed by atoms with Gasteiger partial charge >= 0.3 is 18.3 Å². The number of halogens is 7. The maximum absolute atomic E-state index is 13.5. The summed E-state index contributed by atoms with van der Waals surface area (Å²) in [6, 6.07) is 8.48. The second kappa shape index (κ2) is 7.54. The van der Waals surface area contributed by atoms with Crippen molar-refractivity contribution in [1.82, 2.24) is 9.47 Å². The van der Waals surface area contributed by atoms with Crippen molar-refractivity contribution in [2.75, 3.05) is 6.54 Å². The molecule has 0 N–H and O–H groups in total. The zero-order chi connectivity index (χ0) is 23.4. The SMILES string of the molecule is O=C(c1ccccc1C(F)(F)F)n1c2c(c3cc(Cl)ccc31)CCN(C(=O)C(F)(F)F)C2. The first-order valence-electron chi connectivity index (χ1n) is 9.28. The molecule has 4 nitrogen and oxygen atoms in total. The van der Waals surface area contributed by atoms with Crippen LogP contribution in [-0.4, -0.2) is 34.0 Å². The van der Waals surface area contributed by atoms with Crippen molar-refractivity contribution in [1.29, 1.82) is 0 Å².